The minimum atomic E-state index is -0.0459. The van der Waals surface area contributed by atoms with Gasteiger partial charge in [-0.1, -0.05) is 0 Å². The number of anilines is 3. The molecule has 0 spiro atoms. The fraction of sp³-hybridized carbons (Fsp3) is 0.364. The molecule has 16 heavy (non-hydrogen) atoms. The van der Waals surface area contributed by atoms with Gasteiger partial charge in [-0.15, -0.1) is 11.8 Å². The molecule has 3 rings (SSSR count). The van der Waals surface area contributed by atoms with Crippen LogP contribution in [0, 0.1) is 0 Å². The lowest BCUT2D eigenvalue weighted by molar-refractivity contribution is -0.116. The summed E-state index contributed by atoms with van der Waals surface area (Å²) in [6, 6.07) is 4.08. The van der Waals surface area contributed by atoms with Gasteiger partial charge in [0.2, 0.25) is 5.91 Å². The van der Waals surface area contributed by atoms with Crippen molar-refractivity contribution in [3.8, 4) is 0 Å². The van der Waals surface area contributed by atoms with E-state index in [9.17, 15) is 4.79 Å². The van der Waals surface area contributed by atoms with Gasteiger partial charge in [-0.3, -0.25) is 4.79 Å². The van der Waals surface area contributed by atoms with Gasteiger partial charge in [-0.2, -0.15) is 0 Å². The van der Waals surface area contributed by atoms with Crippen LogP contribution in [-0.2, 0) is 4.79 Å². The molecule has 3 N–H and O–H groups in total. The number of fused-ring (bicyclic) bond motifs is 2. The van der Waals surface area contributed by atoms with Crippen LogP contribution in [0.5, 0.6) is 0 Å². The molecule has 1 aromatic rings. The van der Waals surface area contributed by atoms with Crippen molar-refractivity contribution in [2.75, 3.05) is 22.2 Å². The van der Waals surface area contributed by atoms with Crippen LogP contribution in [-0.4, -0.2) is 17.7 Å². The zero-order valence-corrected chi connectivity index (χ0v) is 9.94. The van der Waals surface area contributed by atoms with Crippen LogP contribution < -0.4 is 16.0 Å². The number of thioether (sulfide) groups is 1. The number of amides is 1. The van der Waals surface area contributed by atoms with Gasteiger partial charge in [0, 0.05) is 5.69 Å². The number of rotatable bonds is 1. The molecule has 84 valence electrons. The molecule has 0 aromatic heterocycles. The molecule has 0 fully saturated rings. The maximum atomic E-state index is 11.5. The summed E-state index contributed by atoms with van der Waals surface area (Å²) in [5.41, 5.74) is 4.39. The predicted molar refractivity (Wildman–Crippen MR) is 68.0 cm³/mol. The number of hydrogen-bond acceptors (Lipinski definition) is 4. The molecule has 4 nitrogen and oxygen atoms in total. The van der Waals surface area contributed by atoms with E-state index < -0.39 is 0 Å². The Bertz CT molecular complexity index is 475. The smallest absolute Gasteiger partial charge is 0.231 e. The van der Waals surface area contributed by atoms with E-state index in [1.165, 1.54) is 0 Å². The largest absolute Gasteiger partial charge is 0.355 e. The molecule has 1 amide bonds. The van der Waals surface area contributed by atoms with Crippen LogP contribution in [0.15, 0.2) is 12.1 Å². The third kappa shape index (κ3) is 1.28. The van der Waals surface area contributed by atoms with E-state index in [-0.39, 0.29) is 17.3 Å². The maximum absolute atomic E-state index is 11.5. The molecule has 1 aromatic carbocycles. The van der Waals surface area contributed by atoms with Crippen LogP contribution >= 0.6 is 11.8 Å². The van der Waals surface area contributed by atoms with Gasteiger partial charge in [-0.05, 0) is 30.9 Å². The quantitative estimate of drug-likeness (QED) is 0.698. The molecule has 0 saturated carbocycles. The van der Waals surface area contributed by atoms with Crippen molar-refractivity contribution in [2.45, 2.75) is 18.3 Å². The van der Waals surface area contributed by atoms with Gasteiger partial charge in [0.1, 0.15) is 5.50 Å². The number of benzene rings is 1. The third-order valence-electron chi connectivity index (χ3n) is 3.12. The Morgan fingerprint density at radius 2 is 1.88 bits per heavy atom. The fourth-order valence-corrected chi connectivity index (χ4v) is 2.63. The van der Waals surface area contributed by atoms with Gasteiger partial charge < -0.3 is 16.0 Å². The summed E-state index contributed by atoms with van der Waals surface area (Å²) in [6.45, 7) is 1.93. The summed E-state index contributed by atoms with van der Waals surface area (Å²) in [4.78, 5) is 11.5. The standard InChI is InChI=1S/C11H13N3OS/c1-5-6-3-8-9(14-11(13-8)16-2)4-7(6)12-10(5)15/h3-5,11,13-14H,1-2H3,(H,12,15). The molecule has 0 radical (unpaired) electrons. The van der Waals surface area contributed by atoms with E-state index in [0.717, 1.165) is 22.6 Å². The number of carbonyl (C=O) groups is 1. The van der Waals surface area contributed by atoms with E-state index in [0.29, 0.717) is 0 Å². The number of hydrogen-bond donors (Lipinski definition) is 3. The van der Waals surface area contributed by atoms with Crippen molar-refractivity contribution in [3.63, 3.8) is 0 Å². The summed E-state index contributed by atoms with van der Waals surface area (Å²) in [7, 11) is 0. The Kier molecular flexibility index (Phi) is 2.04. The molecule has 2 atom stereocenters. The van der Waals surface area contributed by atoms with Crippen molar-refractivity contribution >= 4 is 34.7 Å². The first-order valence-electron chi connectivity index (χ1n) is 5.23. The minimum absolute atomic E-state index is 0.0459. The average Bonchev–Trinajstić information content (AvgIpc) is 2.79. The lowest BCUT2D eigenvalue weighted by Crippen LogP contribution is -2.16. The highest BCUT2D eigenvalue weighted by atomic mass is 32.2. The van der Waals surface area contributed by atoms with Gasteiger partial charge in [0.25, 0.3) is 0 Å². The zero-order chi connectivity index (χ0) is 11.3. The van der Waals surface area contributed by atoms with E-state index in [1.807, 2.05) is 13.0 Å². The van der Waals surface area contributed by atoms with Gasteiger partial charge in [0.15, 0.2) is 0 Å². The van der Waals surface area contributed by atoms with Crippen molar-refractivity contribution in [2.24, 2.45) is 0 Å². The first-order chi connectivity index (χ1) is 7.69. The van der Waals surface area contributed by atoms with Crippen LogP contribution in [0.25, 0.3) is 0 Å². The summed E-state index contributed by atoms with van der Waals surface area (Å²) in [5.74, 6) is 0.0375. The Morgan fingerprint density at radius 3 is 2.56 bits per heavy atom. The van der Waals surface area contributed by atoms with Gasteiger partial charge in [-0.25, -0.2) is 0 Å². The second kappa shape index (κ2) is 3.31. The summed E-state index contributed by atoms with van der Waals surface area (Å²) >= 11 is 1.72. The Hall–Kier alpha value is -1.36. The highest BCUT2D eigenvalue weighted by Crippen LogP contribution is 2.41. The molecule has 2 heterocycles. The highest BCUT2D eigenvalue weighted by molar-refractivity contribution is 7.99. The highest BCUT2D eigenvalue weighted by Gasteiger charge is 2.30. The summed E-state index contributed by atoms with van der Waals surface area (Å²) in [5, 5.41) is 9.60. The van der Waals surface area contributed by atoms with Crippen molar-refractivity contribution in [3.05, 3.63) is 17.7 Å². The van der Waals surface area contributed by atoms with Gasteiger partial charge in [0.05, 0.1) is 17.3 Å². The molecular weight excluding hydrogens is 222 g/mol. The van der Waals surface area contributed by atoms with Crippen molar-refractivity contribution in [1.82, 2.24) is 0 Å². The molecule has 0 saturated heterocycles. The fourth-order valence-electron chi connectivity index (χ4n) is 2.14. The molecule has 2 aliphatic heterocycles. The summed E-state index contributed by atoms with van der Waals surface area (Å²) in [6.07, 6.45) is 2.05. The van der Waals surface area contributed by atoms with Crippen LogP contribution in [0.4, 0.5) is 17.1 Å². The molecule has 0 aliphatic carbocycles. The van der Waals surface area contributed by atoms with Crippen LogP contribution in [0.1, 0.15) is 18.4 Å². The van der Waals surface area contributed by atoms with Crippen molar-refractivity contribution in [1.29, 1.82) is 0 Å². The third-order valence-corrected chi connectivity index (χ3v) is 3.82. The second-order valence-corrected chi connectivity index (χ2v) is 5.04. The minimum Gasteiger partial charge on any atom is -0.355 e. The summed E-state index contributed by atoms with van der Waals surface area (Å²) < 4.78 is 0. The topological polar surface area (TPSA) is 53.2 Å². The van der Waals surface area contributed by atoms with Crippen LogP contribution in [0.2, 0.25) is 0 Å². The molecular formula is C11H13N3OS. The van der Waals surface area contributed by atoms with E-state index >= 15 is 0 Å². The Morgan fingerprint density at radius 1 is 1.19 bits per heavy atom. The molecule has 5 heteroatoms. The van der Waals surface area contributed by atoms with Crippen LogP contribution in [0.3, 0.4) is 0 Å². The molecule has 0 bridgehead atoms. The Balaban J connectivity index is 2.02. The molecule has 2 unspecified atom stereocenters. The number of nitrogens with one attached hydrogen (secondary N) is 3. The van der Waals surface area contributed by atoms with Gasteiger partial charge >= 0.3 is 0 Å². The zero-order valence-electron chi connectivity index (χ0n) is 9.13. The lowest BCUT2D eigenvalue weighted by Gasteiger charge is -2.06. The predicted octanol–water partition coefficient (Wildman–Crippen LogP) is 2.23. The van der Waals surface area contributed by atoms with E-state index in [1.54, 1.807) is 11.8 Å². The second-order valence-electron chi connectivity index (χ2n) is 4.10. The lowest BCUT2D eigenvalue weighted by atomic mass is 10.0. The van der Waals surface area contributed by atoms with Crippen molar-refractivity contribution < 1.29 is 4.79 Å². The Labute approximate surface area is 98.2 Å². The first kappa shape index (κ1) is 9.84. The number of carbonyl (C=O) groups excluding carboxylic acids is 1. The molecule has 2 aliphatic rings. The SMILES string of the molecule is CSC1Nc2cc3c(cc2N1)C(C)C(=O)N3. The normalized spacial score (nSPS) is 25.5. The van der Waals surface area contributed by atoms with E-state index in [2.05, 4.69) is 28.3 Å². The average molecular weight is 235 g/mol. The maximum Gasteiger partial charge on any atom is 0.231 e. The van der Waals surface area contributed by atoms with E-state index in [4.69, 9.17) is 0 Å². The first-order valence-corrected chi connectivity index (χ1v) is 6.52. The monoisotopic (exact) mass is 235 g/mol.